The van der Waals surface area contributed by atoms with Gasteiger partial charge in [-0.3, -0.25) is 29.4 Å². The summed E-state index contributed by atoms with van der Waals surface area (Å²) in [6, 6.07) is 16.7. The third-order valence-corrected chi connectivity index (χ3v) is 6.86. The van der Waals surface area contributed by atoms with Crippen molar-refractivity contribution >= 4 is 46.3 Å². The molecule has 3 aromatic rings. The maximum absolute atomic E-state index is 12.9. The van der Waals surface area contributed by atoms with Gasteiger partial charge in [0.25, 0.3) is 16.8 Å². The van der Waals surface area contributed by atoms with Crippen molar-refractivity contribution in [2.24, 2.45) is 0 Å². The normalized spacial score (nSPS) is 14.0. The highest BCUT2D eigenvalue weighted by Gasteiger charge is 2.36. The standard InChI is InChI=1S/C28H25N3O7S/c1-17-5-4-6-18(2)26(17)29-25(32)15-30-27(33)24(39-28(30)34)14-20-9-12-22(23(13-20)37-3)38-16-19-7-10-21(11-8-19)31(35)36/h4-14H,15-16H2,1-3H3,(H,29,32)/b24-14+. The van der Waals surface area contributed by atoms with Crippen molar-refractivity contribution in [2.75, 3.05) is 19.0 Å². The van der Waals surface area contributed by atoms with Crippen molar-refractivity contribution < 1.29 is 28.8 Å². The van der Waals surface area contributed by atoms with E-state index in [1.54, 1.807) is 36.4 Å². The number of nitrogens with one attached hydrogen (secondary N) is 1. The molecule has 11 heteroatoms. The molecule has 0 aromatic heterocycles. The van der Waals surface area contributed by atoms with E-state index in [2.05, 4.69) is 5.32 Å². The van der Waals surface area contributed by atoms with E-state index in [9.17, 15) is 24.5 Å². The van der Waals surface area contributed by atoms with E-state index in [1.807, 2.05) is 32.0 Å². The van der Waals surface area contributed by atoms with Crippen LogP contribution in [0.3, 0.4) is 0 Å². The molecule has 0 aliphatic carbocycles. The van der Waals surface area contributed by atoms with Gasteiger partial charge in [-0.05, 0) is 78.2 Å². The molecule has 10 nitrogen and oxygen atoms in total. The van der Waals surface area contributed by atoms with Crippen LogP contribution < -0.4 is 14.8 Å². The number of thioether (sulfide) groups is 1. The van der Waals surface area contributed by atoms with Gasteiger partial charge in [0.1, 0.15) is 13.2 Å². The second-order valence-electron chi connectivity index (χ2n) is 8.71. The highest BCUT2D eigenvalue weighted by molar-refractivity contribution is 8.18. The van der Waals surface area contributed by atoms with Crippen LogP contribution in [0, 0.1) is 24.0 Å². The Bertz CT molecular complexity index is 1460. The molecule has 0 atom stereocenters. The number of para-hydroxylation sites is 1. The molecule has 0 unspecified atom stereocenters. The number of imide groups is 1. The molecular formula is C28H25N3O7S. The number of ether oxygens (including phenoxy) is 2. The molecule has 39 heavy (non-hydrogen) atoms. The molecule has 0 saturated carbocycles. The lowest BCUT2D eigenvalue weighted by Gasteiger charge is -2.15. The molecular weight excluding hydrogens is 522 g/mol. The Kier molecular flexibility index (Phi) is 8.30. The molecule has 1 heterocycles. The first kappa shape index (κ1) is 27.4. The number of benzene rings is 3. The number of hydrogen-bond acceptors (Lipinski definition) is 8. The quantitative estimate of drug-likeness (QED) is 0.212. The molecule has 3 aromatic carbocycles. The largest absolute Gasteiger partial charge is 0.493 e. The number of methoxy groups -OCH3 is 1. The molecule has 200 valence electrons. The zero-order valence-electron chi connectivity index (χ0n) is 21.4. The van der Waals surface area contributed by atoms with Gasteiger partial charge >= 0.3 is 0 Å². The van der Waals surface area contributed by atoms with Crippen molar-refractivity contribution in [1.82, 2.24) is 4.90 Å². The third kappa shape index (κ3) is 6.44. The fourth-order valence-corrected chi connectivity index (χ4v) is 4.73. The average Bonchev–Trinajstić information content (AvgIpc) is 3.17. The summed E-state index contributed by atoms with van der Waals surface area (Å²) in [5.41, 5.74) is 3.75. The number of amides is 3. The number of non-ortho nitro benzene ring substituents is 1. The summed E-state index contributed by atoms with van der Waals surface area (Å²) in [6.45, 7) is 3.50. The van der Waals surface area contributed by atoms with Crippen LogP contribution in [0.25, 0.3) is 6.08 Å². The number of nitrogens with zero attached hydrogens (tertiary/aromatic N) is 2. The van der Waals surface area contributed by atoms with Gasteiger partial charge in [-0.2, -0.15) is 0 Å². The van der Waals surface area contributed by atoms with Crippen LogP contribution in [0.5, 0.6) is 11.5 Å². The van der Waals surface area contributed by atoms with Crippen LogP contribution in [0.15, 0.2) is 65.6 Å². The number of aryl methyl sites for hydroxylation is 2. The lowest BCUT2D eigenvalue weighted by atomic mass is 10.1. The zero-order chi connectivity index (χ0) is 28.1. The molecule has 0 radical (unpaired) electrons. The minimum atomic E-state index is -0.556. The van der Waals surface area contributed by atoms with Crippen molar-refractivity contribution in [3.8, 4) is 11.5 Å². The van der Waals surface area contributed by atoms with Crippen LogP contribution in [0.2, 0.25) is 0 Å². The highest BCUT2D eigenvalue weighted by atomic mass is 32.2. The first-order valence-electron chi connectivity index (χ1n) is 11.8. The van der Waals surface area contributed by atoms with E-state index >= 15 is 0 Å². The Labute approximate surface area is 228 Å². The Balaban J connectivity index is 1.42. The molecule has 1 aliphatic heterocycles. The molecule has 1 saturated heterocycles. The lowest BCUT2D eigenvalue weighted by Crippen LogP contribution is -2.36. The Morgan fingerprint density at radius 2 is 1.74 bits per heavy atom. The summed E-state index contributed by atoms with van der Waals surface area (Å²) < 4.78 is 11.2. The second kappa shape index (κ2) is 11.8. The van der Waals surface area contributed by atoms with Gasteiger partial charge in [0.05, 0.1) is 16.9 Å². The zero-order valence-corrected chi connectivity index (χ0v) is 22.2. The fraction of sp³-hybridized carbons (Fsp3) is 0.179. The van der Waals surface area contributed by atoms with Crippen molar-refractivity contribution in [1.29, 1.82) is 0 Å². The average molecular weight is 548 g/mol. The molecule has 3 amide bonds. The predicted molar refractivity (Wildman–Crippen MR) is 148 cm³/mol. The van der Waals surface area contributed by atoms with Crippen LogP contribution in [0.4, 0.5) is 16.2 Å². The van der Waals surface area contributed by atoms with Gasteiger partial charge in [-0.1, -0.05) is 24.3 Å². The van der Waals surface area contributed by atoms with E-state index < -0.39 is 28.5 Å². The van der Waals surface area contributed by atoms with Crippen molar-refractivity contribution in [3.63, 3.8) is 0 Å². The summed E-state index contributed by atoms with van der Waals surface area (Å²) in [7, 11) is 1.47. The summed E-state index contributed by atoms with van der Waals surface area (Å²) in [5.74, 6) is -0.187. The van der Waals surface area contributed by atoms with Gasteiger partial charge in [0.15, 0.2) is 11.5 Å². The number of nitro benzene ring substituents is 1. The summed E-state index contributed by atoms with van der Waals surface area (Å²) >= 11 is 0.758. The predicted octanol–water partition coefficient (Wildman–Crippen LogP) is 5.47. The molecule has 1 fully saturated rings. The Morgan fingerprint density at radius 1 is 1.05 bits per heavy atom. The number of rotatable bonds is 9. The number of hydrogen-bond donors (Lipinski definition) is 1. The molecule has 1 aliphatic rings. The van der Waals surface area contributed by atoms with E-state index in [4.69, 9.17) is 9.47 Å². The molecule has 1 N–H and O–H groups in total. The molecule has 4 rings (SSSR count). The van der Waals surface area contributed by atoms with Crippen molar-refractivity contribution in [3.05, 3.63) is 97.9 Å². The van der Waals surface area contributed by atoms with Crippen LogP contribution in [0.1, 0.15) is 22.3 Å². The summed E-state index contributed by atoms with van der Waals surface area (Å²) in [4.78, 5) is 49.5. The first-order valence-corrected chi connectivity index (χ1v) is 12.6. The van der Waals surface area contributed by atoms with Gasteiger partial charge in [-0.25, -0.2) is 0 Å². The van der Waals surface area contributed by atoms with E-state index in [0.717, 1.165) is 33.4 Å². The topological polar surface area (TPSA) is 128 Å². The molecule has 0 spiro atoms. The molecule has 0 bridgehead atoms. The highest BCUT2D eigenvalue weighted by Crippen LogP contribution is 2.35. The van der Waals surface area contributed by atoms with Crippen LogP contribution in [-0.4, -0.2) is 40.5 Å². The minimum Gasteiger partial charge on any atom is -0.493 e. The minimum absolute atomic E-state index is 0.00730. The van der Waals surface area contributed by atoms with Crippen molar-refractivity contribution in [2.45, 2.75) is 20.5 Å². The second-order valence-corrected chi connectivity index (χ2v) is 9.70. The summed E-state index contributed by atoms with van der Waals surface area (Å²) in [6.07, 6.45) is 1.55. The summed E-state index contributed by atoms with van der Waals surface area (Å²) in [5, 5.41) is 13.1. The van der Waals surface area contributed by atoms with Crippen LogP contribution in [-0.2, 0) is 16.2 Å². The van der Waals surface area contributed by atoms with E-state index in [-0.39, 0.29) is 17.2 Å². The van der Waals surface area contributed by atoms with Gasteiger partial charge in [-0.15, -0.1) is 0 Å². The Morgan fingerprint density at radius 3 is 2.38 bits per heavy atom. The van der Waals surface area contributed by atoms with Gasteiger partial charge in [0.2, 0.25) is 5.91 Å². The number of anilines is 1. The van der Waals surface area contributed by atoms with Crippen LogP contribution >= 0.6 is 11.8 Å². The Hall–Kier alpha value is -4.64. The first-order chi connectivity index (χ1) is 18.7. The van der Waals surface area contributed by atoms with E-state index in [1.165, 1.54) is 19.2 Å². The smallest absolute Gasteiger partial charge is 0.294 e. The number of carbonyl (C=O) groups excluding carboxylic acids is 3. The van der Waals surface area contributed by atoms with E-state index in [0.29, 0.717) is 22.7 Å². The number of carbonyl (C=O) groups is 3. The maximum atomic E-state index is 12.9. The maximum Gasteiger partial charge on any atom is 0.294 e. The fourth-order valence-electron chi connectivity index (χ4n) is 3.89. The van der Waals surface area contributed by atoms with Gasteiger partial charge < -0.3 is 14.8 Å². The monoisotopic (exact) mass is 547 g/mol. The third-order valence-electron chi connectivity index (χ3n) is 5.95. The van der Waals surface area contributed by atoms with Gasteiger partial charge in [0, 0.05) is 17.8 Å². The number of nitro groups is 1. The lowest BCUT2D eigenvalue weighted by molar-refractivity contribution is -0.384. The SMILES string of the molecule is COc1cc(/C=C2/SC(=O)N(CC(=O)Nc3c(C)cccc3C)C2=O)ccc1OCc1ccc([N+](=O)[O-])cc1.